The molecule has 1 fully saturated rings. The molecule has 64 valence electrons. The van der Waals surface area contributed by atoms with Crippen molar-refractivity contribution in [2.45, 2.75) is 38.1 Å². The van der Waals surface area contributed by atoms with Crippen LogP contribution in [0.1, 0.15) is 32.6 Å². The van der Waals surface area contributed by atoms with E-state index in [-0.39, 0.29) is 5.91 Å². The van der Waals surface area contributed by atoms with Gasteiger partial charge < -0.3 is 11.5 Å². The van der Waals surface area contributed by atoms with Crippen LogP contribution in [0.5, 0.6) is 0 Å². The van der Waals surface area contributed by atoms with E-state index >= 15 is 0 Å². The van der Waals surface area contributed by atoms with Gasteiger partial charge in [-0.1, -0.05) is 13.3 Å². The van der Waals surface area contributed by atoms with Crippen LogP contribution in [0, 0.1) is 5.92 Å². The lowest BCUT2D eigenvalue weighted by Gasteiger charge is -2.39. The molecule has 0 aromatic carbocycles. The predicted octanol–water partition coefficient (Wildman–Crippen LogP) is 0.379. The van der Waals surface area contributed by atoms with Gasteiger partial charge in [0.15, 0.2) is 0 Å². The summed E-state index contributed by atoms with van der Waals surface area (Å²) in [6.45, 7) is 1.92. The minimum Gasteiger partial charge on any atom is -0.368 e. The second-order valence-corrected chi connectivity index (χ2v) is 3.39. The van der Waals surface area contributed by atoms with Gasteiger partial charge in [0.05, 0.1) is 5.54 Å². The lowest BCUT2D eigenvalue weighted by Crippen LogP contribution is -2.58. The second-order valence-electron chi connectivity index (χ2n) is 3.39. The minimum atomic E-state index is -0.724. The summed E-state index contributed by atoms with van der Waals surface area (Å²) < 4.78 is 0. The summed E-state index contributed by atoms with van der Waals surface area (Å²) in [4.78, 5) is 11.0. The molecule has 0 radical (unpaired) electrons. The Labute approximate surface area is 67.1 Å². The summed E-state index contributed by atoms with van der Waals surface area (Å²) in [5, 5.41) is 0. The number of rotatable bonds is 3. The highest BCUT2D eigenvalue weighted by molar-refractivity contribution is 5.84. The summed E-state index contributed by atoms with van der Waals surface area (Å²) in [6.07, 6.45) is 3.98. The first-order valence-electron chi connectivity index (χ1n) is 4.20. The van der Waals surface area contributed by atoms with E-state index in [9.17, 15) is 4.79 Å². The van der Waals surface area contributed by atoms with Crippen LogP contribution in [-0.2, 0) is 4.79 Å². The highest BCUT2D eigenvalue weighted by atomic mass is 16.1. The molecule has 0 saturated heterocycles. The molecule has 1 amide bonds. The number of nitrogens with two attached hydrogens (primary N) is 2. The molecule has 1 saturated carbocycles. The molecule has 1 aliphatic rings. The van der Waals surface area contributed by atoms with Gasteiger partial charge in [-0.25, -0.2) is 0 Å². The Morgan fingerprint density at radius 2 is 2.18 bits per heavy atom. The maximum Gasteiger partial charge on any atom is 0.237 e. The minimum absolute atomic E-state index is 0.338. The zero-order chi connectivity index (χ0) is 8.48. The van der Waals surface area contributed by atoms with Gasteiger partial charge in [0, 0.05) is 0 Å². The van der Waals surface area contributed by atoms with Crippen molar-refractivity contribution in [2.75, 3.05) is 0 Å². The molecular formula is C8H16N2O. The fraction of sp³-hybridized carbons (Fsp3) is 0.875. The van der Waals surface area contributed by atoms with E-state index in [2.05, 4.69) is 0 Å². The first kappa shape index (κ1) is 8.53. The first-order valence-corrected chi connectivity index (χ1v) is 4.20. The largest absolute Gasteiger partial charge is 0.368 e. The molecule has 1 unspecified atom stereocenters. The monoisotopic (exact) mass is 156 g/mol. The molecule has 0 heterocycles. The Kier molecular flexibility index (Phi) is 2.18. The molecule has 1 rings (SSSR count). The molecule has 0 bridgehead atoms. The molecular weight excluding hydrogens is 140 g/mol. The van der Waals surface area contributed by atoms with Crippen molar-refractivity contribution in [1.29, 1.82) is 0 Å². The molecule has 0 aliphatic heterocycles. The number of amides is 1. The van der Waals surface area contributed by atoms with Crippen LogP contribution in [0.2, 0.25) is 0 Å². The third-order valence-electron chi connectivity index (χ3n) is 2.88. The molecule has 1 aliphatic carbocycles. The highest BCUT2D eigenvalue weighted by Crippen LogP contribution is 2.36. The smallest absolute Gasteiger partial charge is 0.237 e. The van der Waals surface area contributed by atoms with E-state index in [1.165, 1.54) is 6.42 Å². The first-order chi connectivity index (χ1) is 5.11. The summed E-state index contributed by atoms with van der Waals surface area (Å²) in [6, 6.07) is 0. The van der Waals surface area contributed by atoms with Crippen LogP contribution < -0.4 is 11.5 Å². The summed E-state index contributed by atoms with van der Waals surface area (Å²) >= 11 is 0. The van der Waals surface area contributed by atoms with Gasteiger partial charge in [-0.05, 0) is 25.2 Å². The van der Waals surface area contributed by atoms with Crippen molar-refractivity contribution in [3.8, 4) is 0 Å². The highest BCUT2D eigenvalue weighted by Gasteiger charge is 2.41. The lowest BCUT2D eigenvalue weighted by atomic mass is 9.69. The maximum absolute atomic E-state index is 11.0. The van der Waals surface area contributed by atoms with E-state index in [1.54, 1.807) is 0 Å². The van der Waals surface area contributed by atoms with Gasteiger partial charge in [-0.15, -0.1) is 0 Å². The Morgan fingerprint density at radius 3 is 2.27 bits per heavy atom. The molecule has 0 spiro atoms. The average molecular weight is 156 g/mol. The van der Waals surface area contributed by atoms with Crippen LogP contribution in [-0.4, -0.2) is 11.4 Å². The standard InChI is InChI=1S/C8H16N2O/c1-2-8(10,7(9)11)6-4-3-5-6/h6H,2-5,10H2,1H3,(H2,9,11). The number of carbonyl (C=O) groups excluding carboxylic acids is 1. The molecule has 1 atom stereocenters. The molecule has 3 heteroatoms. The van der Waals surface area contributed by atoms with Gasteiger partial charge in [0.1, 0.15) is 0 Å². The van der Waals surface area contributed by atoms with Crippen LogP contribution in [0.25, 0.3) is 0 Å². The van der Waals surface area contributed by atoms with E-state index in [0.29, 0.717) is 12.3 Å². The van der Waals surface area contributed by atoms with Gasteiger partial charge in [0.25, 0.3) is 0 Å². The molecule has 11 heavy (non-hydrogen) atoms. The fourth-order valence-electron chi connectivity index (χ4n) is 1.59. The van der Waals surface area contributed by atoms with Crippen LogP contribution in [0.3, 0.4) is 0 Å². The molecule has 0 aromatic rings. The summed E-state index contributed by atoms with van der Waals surface area (Å²) in [7, 11) is 0. The van der Waals surface area contributed by atoms with Crippen molar-refractivity contribution >= 4 is 5.91 Å². The van der Waals surface area contributed by atoms with Crippen LogP contribution >= 0.6 is 0 Å². The molecule has 3 nitrogen and oxygen atoms in total. The zero-order valence-electron chi connectivity index (χ0n) is 6.97. The maximum atomic E-state index is 11.0. The van der Waals surface area contributed by atoms with Gasteiger partial charge in [0.2, 0.25) is 5.91 Å². The second kappa shape index (κ2) is 2.81. The molecule has 0 aromatic heterocycles. The third kappa shape index (κ3) is 1.25. The Balaban J connectivity index is 2.65. The summed E-state index contributed by atoms with van der Waals surface area (Å²) in [5.41, 5.74) is 10.4. The number of primary amides is 1. The van der Waals surface area contributed by atoms with Crippen molar-refractivity contribution in [2.24, 2.45) is 17.4 Å². The van der Waals surface area contributed by atoms with Gasteiger partial charge >= 0.3 is 0 Å². The van der Waals surface area contributed by atoms with E-state index in [1.807, 2.05) is 6.92 Å². The Bertz CT molecular complexity index is 165. The lowest BCUT2D eigenvalue weighted by molar-refractivity contribution is -0.126. The molecule has 4 N–H and O–H groups in total. The number of hydrogen-bond acceptors (Lipinski definition) is 2. The number of hydrogen-bond donors (Lipinski definition) is 2. The van der Waals surface area contributed by atoms with Crippen molar-refractivity contribution in [1.82, 2.24) is 0 Å². The van der Waals surface area contributed by atoms with Gasteiger partial charge in [-0.2, -0.15) is 0 Å². The van der Waals surface area contributed by atoms with E-state index in [0.717, 1.165) is 12.8 Å². The topological polar surface area (TPSA) is 69.1 Å². The third-order valence-corrected chi connectivity index (χ3v) is 2.88. The van der Waals surface area contributed by atoms with Crippen molar-refractivity contribution in [3.05, 3.63) is 0 Å². The quantitative estimate of drug-likeness (QED) is 0.620. The van der Waals surface area contributed by atoms with Crippen LogP contribution in [0.15, 0.2) is 0 Å². The summed E-state index contributed by atoms with van der Waals surface area (Å²) in [5.74, 6) is -0.00491. The van der Waals surface area contributed by atoms with E-state index in [4.69, 9.17) is 11.5 Å². The Morgan fingerprint density at radius 1 is 1.64 bits per heavy atom. The SMILES string of the molecule is CCC(N)(C(N)=O)C1CCC1. The van der Waals surface area contributed by atoms with Crippen molar-refractivity contribution < 1.29 is 4.79 Å². The normalized spacial score (nSPS) is 23.8. The van der Waals surface area contributed by atoms with Gasteiger partial charge in [-0.3, -0.25) is 4.79 Å². The number of carbonyl (C=O) groups is 1. The van der Waals surface area contributed by atoms with Crippen molar-refractivity contribution in [3.63, 3.8) is 0 Å². The average Bonchev–Trinajstić information content (AvgIpc) is 1.83. The Hall–Kier alpha value is -0.570. The van der Waals surface area contributed by atoms with E-state index < -0.39 is 5.54 Å². The fourth-order valence-corrected chi connectivity index (χ4v) is 1.59. The zero-order valence-corrected chi connectivity index (χ0v) is 6.97. The van der Waals surface area contributed by atoms with Crippen LogP contribution in [0.4, 0.5) is 0 Å². The predicted molar refractivity (Wildman–Crippen MR) is 43.7 cm³/mol.